The molecule has 0 amide bonds. The number of nitrogens with zero attached hydrogens (tertiary/aromatic N) is 4. The minimum atomic E-state index is 0.274. The van der Waals surface area contributed by atoms with Gasteiger partial charge in [0, 0.05) is 23.7 Å². The van der Waals surface area contributed by atoms with Crippen LogP contribution < -0.4 is 10.6 Å². The van der Waals surface area contributed by atoms with Crippen LogP contribution in [0.15, 0.2) is 54.9 Å². The first-order valence-corrected chi connectivity index (χ1v) is 12.5. The molecule has 176 valence electrons. The van der Waals surface area contributed by atoms with Gasteiger partial charge in [0.05, 0.1) is 6.33 Å². The largest absolute Gasteiger partial charge is 0.364 e. The molecule has 34 heavy (non-hydrogen) atoms. The van der Waals surface area contributed by atoms with Gasteiger partial charge < -0.3 is 15.2 Å². The maximum Gasteiger partial charge on any atom is 0.227 e. The molecule has 1 saturated carbocycles. The lowest BCUT2D eigenvalue weighted by molar-refractivity contribution is 0.461. The zero-order valence-corrected chi connectivity index (χ0v) is 20.5. The summed E-state index contributed by atoms with van der Waals surface area (Å²) in [6.45, 7) is 4.95. The van der Waals surface area contributed by atoms with E-state index in [9.17, 15) is 0 Å². The lowest BCUT2D eigenvalue weighted by Crippen LogP contribution is -2.24. The first-order valence-electron chi connectivity index (χ1n) is 12.2. The van der Waals surface area contributed by atoms with Gasteiger partial charge in [-0.1, -0.05) is 67.3 Å². The van der Waals surface area contributed by atoms with Crippen LogP contribution in [0.4, 0.5) is 11.8 Å². The molecule has 1 aliphatic rings. The molecular formula is C27H31ClN6. The van der Waals surface area contributed by atoms with Gasteiger partial charge in [-0.2, -0.15) is 9.97 Å². The summed E-state index contributed by atoms with van der Waals surface area (Å²) in [4.78, 5) is 14.3. The molecule has 2 N–H and O–H groups in total. The Morgan fingerprint density at radius 3 is 2.29 bits per heavy atom. The molecule has 1 aliphatic carbocycles. The number of imidazole rings is 1. The Kier molecular flexibility index (Phi) is 6.68. The van der Waals surface area contributed by atoms with Crippen LogP contribution in [0.1, 0.15) is 57.6 Å². The average Bonchev–Trinajstić information content (AvgIpc) is 3.29. The zero-order chi connectivity index (χ0) is 23.5. The van der Waals surface area contributed by atoms with E-state index in [2.05, 4.69) is 58.3 Å². The second-order valence-electron chi connectivity index (χ2n) is 9.35. The van der Waals surface area contributed by atoms with Gasteiger partial charge in [0.1, 0.15) is 0 Å². The molecule has 0 unspecified atom stereocenters. The Balaban J connectivity index is 1.37. The summed E-state index contributed by atoms with van der Waals surface area (Å²) in [6, 6.07) is 17.2. The molecule has 7 heteroatoms. The molecule has 0 aliphatic heterocycles. The minimum Gasteiger partial charge on any atom is -0.364 e. The van der Waals surface area contributed by atoms with Crippen LogP contribution in [-0.4, -0.2) is 25.6 Å². The van der Waals surface area contributed by atoms with Crippen LogP contribution >= 0.6 is 11.6 Å². The molecule has 5 rings (SSSR count). The highest BCUT2D eigenvalue weighted by atomic mass is 35.5. The molecule has 2 aromatic carbocycles. The van der Waals surface area contributed by atoms with Crippen molar-refractivity contribution in [2.45, 2.75) is 64.6 Å². The van der Waals surface area contributed by atoms with Crippen LogP contribution in [0.3, 0.4) is 0 Å². The highest BCUT2D eigenvalue weighted by Crippen LogP contribution is 2.27. The topological polar surface area (TPSA) is 67.7 Å². The van der Waals surface area contributed by atoms with Gasteiger partial charge in [-0.3, -0.25) is 0 Å². The third-order valence-corrected chi connectivity index (χ3v) is 6.76. The van der Waals surface area contributed by atoms with Crippen molar-refractivity contribution in [2.24, 2.45) is 0 Å². The Morgan fingerprint density at radius 2 is 1.62 bits per heavy atom. The number of hydrogen-bond acceptors (Lipinski definition) is 5. The molecule has 0 saturated heterocycles. The molecule has 1 fully saturated rings. The number of aromatic nitrogens is 4. The van der Waals surface area contributed by atoms with Gasteiger partial charge in [-0.05, 0) is 55.5 Å². The van der Waals surface area contributed by atoms with E-state index in [1.165, 1.54) is 43.2 Å². The van der Waals surface area contributed by atoms with Crippen molar-refractivity contribution >= 4 is 34.5 Å². The van der Waals surface area contributed by atoms with Crippen LogP contribution in [0, 0.1) is 0 Å². The van der Waals surface area contributed by atoms with E-state index in [1.54, 1.807) is 0 Å². The van der Waals surface area contributed by atoms with E-state index < -0.39 is 0 Å². The quantitative estimate of drug-likeness (QED) is 0.299. The third kappa shape index (κ3) is 5.02. The lowest BCUT2D eigenvalue weighted by Gasteiger charge is -2.23. The van der Waals surface area contributed by atoms with E-state index >= 15 is 0 Å². The Hall–Kier alpha value is -3.12. The first-order chi connectivity index (χ1) is 16.6. The fourth-order valence-corrected chi connectivity index (χ4v) is 4.68. The highest BCUT2D eigenvalue weighted by molar-refractivity contribution is 6.30. The van der Waals surface area contributed by atoms with Gasteiger partial charge in [0.15, 0.2) is 17.0 Å². The Morgan fingerprint density at radius 1 is 0.941 bits per heavy atom. The van der Waals surface area contributed by atoms with E-state index in [0.29, 0.717) is 18.5 Å². The first kappa shape index (κ1) is 22.7. The highest BCUT2D eigenvalue weighted by Gasteiger charge is 2.18. The van der Waals surface area contributed by atoms with E-state index in [0.717, 1.165) is 27.6 Å². The van der Waals surface area contributed by atoms with E-state index in [4.69, 9.17) is 21.6 Å². The van der Waals surface area contributed by atoms with Gasteiger partial charge in [-0.25, -0.2) is 4.98 Å². The van der Waals surface area contributed by atoms with Gasteiger partial charge in [0.25, 0.3) is 0 Å². The number of anilines is 2. The molecule has 0 radical (unpaired) electrons. The molecule has 0 atom stereocenters. The minimum absolute atomic E-state index is 0.274. The number of hydrogen-bond donors (Lipinski definition) is 2. The van der Waals surface area contributed by atoms with Crippen molar-refractivity contribution in [3.63, 3.8) is 0 Å². The van der Waals surface area contributed by atoms with E-state index in [-0.39, 0.29) is 6.04 Å². The normalized spacial score (nSPS) is 14.6. The summed E-state index contributed by atoms with van der Waals surface area (Å²) in [7, 11) is 0. The van der Waals surface area contributed by atoms with Crippen LogP contribution in [0.25, 0.3) is 22.3 Å². The smallest absolute Gasteiger partial charge is 0.227 e. The van der Waals surface area contributed by atoms with Gasteiger partial charge in [0.2, 0.25) is 5.95 Å². The summed E-state index contributed by atoms with van der Waals surface area (Å²) in [5.41, 5.74) is 5.16. The molecule has 6 nitrogen and oxygen atoms in total. The zero-order valence-electron chi connectivity index (χ0n) is 19.8. The lowest BCUT2D eigenvalue weighted by atomic mass is 9.96. The van der Waals surface area contributed by atoms with Crippen molar-refractivity contribution in [2.75, 3.05) is 10.6 Å². The summed E-state index contributed by atoms with van der Waals surface area (Å²) in [5.74, 6) is 1.45. The second kappa shape index (κ2) is 10.0. The molecule has 0 spiro atoms. The second-order valence-corrected chi connectivity index (χ2v) is 9.79. The summed E-state index contributed by atoms with van der Waals surface area (Å²) in [6.07, 6.45) is 8.06. The number of halogens is 1. The van der Waals surface area contributed by atoms with Crippen LogP contribution in [0.2, 0.25) is 5.02 Å². The third-order valence-electron chi connectivity index (χ3n) is 6.51. The Bertz CT molecular complexity index is 1240. The number of rotatable bonds is 7. The van der Waals surface area contributed by atoms with Crippen molar-refractivity contribution in [3.05, 3.63) is 65.4 Å². The van der Waals surface area contributed by atoms with Crippen molar-refractivity contribution in [3.8, 4) is 11.1 Å². The fraction of sp³-hybridized carbons (Fsp3) is 0.370. The SMILES string of the molecule is CC(C)n1cnc2c(NCc3ccc(-c4ccc(Cl)cc4)cc3)nc(NC3CCCCC3)nc21. The van der Waals surface area contributed by atoms with Crippen molar-refractivity contribution < 1.29 is 0 Å². The summed E-state index contributed by atoms with van der Waals surface area (Å²) >= 11 is 6.02. The van der Waals surface area contributed by atoms with Crippen molar-refractivity contribution in [1.82, 2.24) is 19.5 Å². The molecule has 0 bridgehead atoms. The predicted octanol–water partition coefficient (Wildman–Crippen LogP) is 7.08. The molecule has 2 heterocycles. The molecule has 4 aromatic rings. The summed E-state index contributed by atoms with van der Waals surface area (Å²) in [5, 5.41) is 7.85. The maximum atomic E-state index is 6.02. The summed E-state index contributed by atoms with van der Waals surface area (Å²) < 4.78 is 2.11. The van der Waals surface area contributed by atoms with Crippen LogP contribution in [-0.2, 0) is 6.54 Å². The maximum absolute atomic E-state index is 6.02. The average molecular weight is 475 g/mol. The number of fused-ring (bicyclic) bond motifs is 1. The van der Waals surface area contributed by atoms with Gasteiger partial charge >= 0.3 is 0 Å². The molecular weight excluding hydrogens is 444 g/mol. The van der Waals surface area contributed by atoms with Gasteiger partial charge in [-0.15, -0.1) is 0 Å². The fourth-order valence-electron chi connectivity index (χ4n) is 4.55. The van der Waals surface area contributed by atoms with Crippen molar-refractivity contribution in [1.29, 1.82) is 0 Å². The molecule has 2 aromatic heterocycles. The van der Waals surface area contributed by atoms with Crippen LogP contribution in [0.5, 0.6) is 0 Å². The van der Waals surface area contributed by atoms with E-state index in [1.807, 2.05) is 30.6 Å². The number of nitrogens with one attached hydrogen (secondary N) is 2. The monoisotopic (exact) mass is 474 g/mol. The Labute approximate surface area is 205 Å². The number of benzene rings is 2. The predicted molar refractivity (Wildman–Crippen MR) is 140 cm³/mol. The standard InChI is InChI=1S/C27H31ClN6/c1-18(2)34-17-30-24-25(32-27(33-26(24)34)31-23-6-4-3-5-7-23)29-16-19-8-10-20(11-9-19)21-12-14-22(28)15-13-21/h8-15,17-18,23H,3-7,16H2,1-2H3,(H2,29,31,32,33).